The number of hydrogen-bond acceptors (Lipinski definition) is 4. The number of nitrogens with zero attached hydrogens (tertiary/aromatic N) is 2. The molecule has 0 saturated carbocycles. The summed E-state index contributed by atoms with van der Waals surface area (Å²) in [7, 11) is 0. The van der Waals surface area contributed by atoms with Gasteiger partial charge in [-0.2, -0.15) is 5.10 Å². The fourth-order valence-electron chi connectivity index (χ4n) is 3.09. The summed E-state index contributed by atoms with van der Waals surface area (Å²) in [5.41, 5.74) is 7.73. The second kappa shape index (κ2) is 8.07. The van der Waals surface area contributed by atoms with Crippen molar-refractivity contribution in [1.29, 1.82) is 0 Å². The van der Waals surface area contributed by atoms with Crippen molar-refractivity contribution in [2.45, 2.75) is 12.5 Å². The third-order valence-electron chi connectivity index (χ3n) is 4.61. The van der Waals surface area contributed by atoms with Crippen molar-refractivity contribution in [3.63, 3.8) is 0 Å². The number of aromatic nitrogens is 2. The van der Waals surface area contributed by atoms with E-state index >= 15 is 0 Å². The number of H-pyrrole nitrogens is 1. The lowest BCUT2D eigenvalue weighted by atomic mass is 9.99. The molecule has 0 radical (unpaired) electrons. The van der Waals surface area contributed by atoms with Gasteiger partial charge in [0.05, 0.1) is 10.0 Å². The number of carbonyl (C=O) groups excluding carboxylic acids is 2. The average molecular weight is 471 g/mol. The van der Waals surface area contributed by atoms with Crippen molar-refractivity contribution in [2.75, 3.05) is 5.32 Å². The molecule has 8 nitrogen and oxygen atoms in total. The molecule has 0 bridgehead atoms. The second-order valence-electron chi connectivity index (χ2n) is 6.59. The fraction of sp³-hybridized carbons (Fsp3) is 0.100. The predicted octanol–water partition coefficient (Wildman–Crippen LogP) is 2.64. The lowest BCUT2D eigenvalue weighted by molar-refractivity contribution is -0.118. The minimum atomic E-state index is -0.738. The highest BCUT2D eigenvalue weighted by Gasteiger charge is 2.29. The molecule has 0 fully saturated rings. The van der Waals surface area contributed by atoms with Gasteiger partial charge in [0.15, 0.2) is 5.82 Å². The van der Waals surface area contributed by atoms with Gasteiger partial charge in [-0.1, -0.05) is 30.3 Å². The number of hydrogen-bond donors (Lipinski definition) is 4. The Balaban J connectivity index is 1.53. The first-order chi connectivity index (χ1) is 14.4. The Kier molecular flexibility index (Phi) is 5.32. The van der Waals surface area contributed by atoms with E-state index in [0.717, 1.165) is 11.3 Å². The Morgan fingerprint density at radius 2 is 1.97 bits per heavy atom. The van der Waals surface area contributed by atoms with E-state index in [4.69, 9.17) is 5.73 Å². The lowest BCUT2D eigenvalue weighted by Gasteiger charge is -2.25. The summed E-state index contributed by atoms with van der Waals surface area (Å²) < 4.78 is 14.1. The molecule has 10 heteroatoms. The third kappa shape index (κ3) is 3.81. The van der Waals surface area contributed by atoms with Gasteiger partial charge in [0.25, 0.3) is 5.91 Å². The molecule has 152 valence electrons. The van der Waals surface area contributed by atoms with Crippen LogP contribution in [0.2, 0.25) is 0 Å². The Hall–Kier alpha value is -3.53. The van der Waals surface area contributed by atoms with Gasteiger partial charge in [-0.15, -0.1) is 0 Å². The molecule has 0 saturated heterocycles. The second-order valence-corrected chi connectivity index (χ2v) is 7.38. The monoisotopic (exact) mass is 470 g/mol. The van der Waals surface area contributed by atoms with E-state index in [-0.39, 0.29) is 33.3 Å². The van der Waals surface area contributed by atoms with Crippen LogP contribution in [0.5, 0.6) is 0 Å². The van der Waals surface area contributed by atoms with Crippen LogP contribution in [-0.2, 0) is 11.2 Å². The van der Waals surface area contributed by atoms with Crippen molar-refractivity contribution in [3.05, 3.63) is 75.6 Å². The van der Waals surface area contributed by atoms with Crippen LogP contribution < -0.4 is 16.4 Å². The van der Waals surface area contributed by atoms with Gasteiger partial charge >= 0.3 is 0 Å². The quantitative estimate of drug-likeness (QED) is 0.345. The third-order valence-corrected chi connectivity index (χ3v) is 5.36. The molecule has 0 spiro atoms. The van der Waals surface area contributed by atoms with Crippen LogP contribution in [0, 0.1) is 5.82 Å². The molecule has 2 amide bonds. The number of aliphatic imine (C=N–C) groups is 1. The molecule has 1 atom stereocenters. The minimum Gasteiger partial charge on any atom is -0.383 e. The highest BCUT2D eigenvalue weighted by atomic mass is 79.9. The smallest absolute Gasteiger partial charge is 0.271 e. The first kappa shape index (κ1) is 19.8. The summed E-state index contributed by atoms with van der Waals surface area (Å²) in [6.45, 7) is 0. The number of fused-ring (bicyclic) bond motifs is 1. The molecule has 0 aliphatic carbocycles. The number of carbonyl (C=O) groups is 2. The lowest BCUT2D eigenvalue weighted by Crippen LogP contribution is -2.47. The van der Waals surface area contributed by atoms with E-state index in [0.29, 0.717) is 6.42 Å². The van der Waals surface area contributed by atoms with E-state index in [1.54, 1.807) is 18.2 Å². The van der Waals surface area contributed by atoms with Crippen molar-refractivity contribution >= 4 is 45.1 Å². The number of nitrogens with two attached hydrogens (primary N) is 1. The van der Waals surface area contributed by atoms with Gasteiger partial charge in [0, 0.05) is 12.1 Å². The molecule has 1 aromatic heterocycles. The SMILES string of the molecule is NC(=Nc1n[nH]c(C(=O)NC2Cc3ccccc3NC2=O)c1Br)c1ccccc1F. The van der Waals surface area contributed by atoms with Crippen molar-refractivity contribution < 1.29 is 14.0 Å². The number of nitrogens with one attached hydrogen (secondary N) is 3. The summed E-state index contributed by atoms with van der Waals surface area (Å²) in [5, 5.41) is 12.0. The molecule has 30 heavy (non-hydrogen) atoms. The average Bonchev–Trinajstić information content (AvgIpc) is 3.09. The largest absolute Gasteiger partial charge is 0.383 e. The summed E-state index contributed by atoms with van der Waals surface area (Å²) in [6, 6.07) is 12.6. The molecule has 3 aromatic rings. The van der Waals surface area contributed by atoms with E-state index in [9.17, 15) is 14.0 Å². The van der Waals surface area contributed by atoms with Crippen molar-refractivity contribution in [3.8, 4) is 0 Å². The molecule has 2 heterocycles. The number of aromatic amines is 1. The van der Waals surface area contributed by atoms with Crippen LogP contribution in [0.25, 0.3) is 0 Å². The van der Waals surface area contributed by atoms with Crippen LogP contribution in [0.15, 0.2) is 58.0 Å². The Labute approximate surface area is 178 Å². The fourth-order valence-corrected chi connectivity index (χ4v) is 3.53. The number of para-hydroxylation sites is 1. The van der Waals surface area contributed by atoms with Gasteiger partial charge in [0.1, 0.15) is 23.4 Å². The van der Waals surface area contributed by atoms with Crippen LogP contribution in [0.3, 0.4) is 0 Å². The Morgan fingerprint density at radius 3 is 2.77 bits per heavy atom. The summed E-state index contributed by atoms with van der Waals surface area (Å²) in [6.07, 6.45) is 0.366. The van der Waals surface area contributed by atoms with E-state index in [1.165, 1.54) is 12.1 Å². The van der Waals surface area contributed by atoms with Gasteiger partial charge in [-0.25, -0.2) is 9.38 Å². The van der Waals surface area contributed by atoms with Crippen molar-refractivity contribution in [1.82, 2.24) is 15.5 Å². The maximum Gasteiger partial charge on any atom is 0.271 e. The number of halogens is 2. The number of amides is 2. The molecule has 1 aliphatic heterocycles. The van der Waals surface area contributed by atoms with Gasteiger partial charge in [-0.3, -0.25) is 14.7 Å². The van der Waals surface area contributed by atoms with Crippen molar-refractivity contribution in [2.24, 2.45) is 10.7 Å². The van der Waals surface area contributed by atoms with Gasteiger partial charge < -0.3 is 16.4 Å². The maximum absolute atomic E-state index is 13.9. The topological polar surface area (TPSA) is 125 Å². The van der Waals surface area contributed by atoms with E-state index in [2.05, 4.69) is 41.8 Å². The van der Waals surface area contributed by atoms with Crippen LogP contribution >= 0.6 is 15.9 Å². The number of rotatable bonds is 4. The van der Waals surface area contributed by atoms with Crippen LogP contribution in [-0.4, -0.2) is 33.9 Å². The predicted molar refractivity (Wildman–Crippen MR) is 113 cm³/mol. The highest BCUT2D eigenvalue weighted by Crippen LogP contribution is 2.27. The summed E-state index contributed by atoms with van der Waals surface area (Å²) >= 11 is 3.27. The molecular weight excluding hydrogens is 455 g/mol. The normalized spacial score (nSPS) is 16.0. The molecule has 1 unspecified atom stereocenters. The zero-order chi connectivity index (χ0) is 21.3. The van der Waals surface area contributed by atoms with Gasteiger partial charge in [-0.05, 0) is 39.7 Å². The number of amidine groups is 1. The maximum atomic E-state index is 13.9. The Morgan fingerprint density at radius 1 is 1.23 bits per heavy atom. The van der Waals surface area contributed by atoms with E-state index < -0.39 is 17.8 Å². The summed E-state index contributed by atoms with van der Waals surface area (Å²) in [5.74, 6) is -1.37. The van der Waals surface area contributed by atoms with Gasteiger partial charge in [0.2, 0.25) is 5.91 Å². The standard InChI is InChI=1S/C20H16BrFN6O2/c21-15-16(27-28-18(15)26-17(23)11-6-2-3-7-12(11)22)20(30)25-14-9-10-5-1-4-8-13(10)24-19(14)29/h1-8,14H,9H2,(H,24,29)(H,25,30)(H3,23,26,27,28). The highest BCUT2D eigenvalue weighted by molar-refractivity contribution is 9.10. The van der Waals surface area contributed by atoms with E-state index in [1.807, 2.05) is 18.2 Å². The molecule has 5 N–H and O–H groups in total. The zero-order valence-electron chi connectivity index (χ0n) is 15.4. The molecule has 4 rings (SSSR count). The number of benzene rings is 2. The Bertz CT molecular complexity index is 1180. The minimum absolute atomic E-state index is 0.0711. The first-order valence-corrected chi connectivity index (χ1v) is 9.76. The first-order valence-electron chi connectivity index (χ1n) is 8.96. The number of anilines is 1. The zero-order valence-corrected chi connectivity index (χ0v) is 17.0. The molecular formula is C20H16BrFN6O2. The summed E-state index contributed by atoms with van der Waals surface area (Å²) in [4.78, 5) is 29.1. The molecule has 2 aromatic carbocycles. The van der Waals surface area contributed by atoms with Crippen LogP contribution in [0.4, 0.5) is 15.9 Å². The van der Waals surface area contributed by atoms with Crippen LogP contribution in [0.1, 0.15) is 21.6 Å². The molecule has 1 aliphatic rings.